The van der Waals surface area contributed by atoms with Crippen LogP contribution in [0.1, 0.15) is 17.3 Å². The largest absolute Gasteiger partial charge is 0.350 e. The van der Waals surface area contributed by atoms with E-state index in [1.54, 1.807) is 0 Å². The zero-order valence-corrected chi connectivity index (χ0v) is 12.4. The summed E-state index contributed by atoms with van der Waals surface area (Å²) in [7, 11) is 0. The number of thiophene rings is 1. The van der Waals surface area contributed by atoms with Gasteiger partial charge in [0, 0.05) is 31.6 Å². The highest BCUT2D eigenvalue weighted by Gasteiger charge is 2.37. The highest BCUT2D eigenvalue weighted by Crippen LogP contribution is 2.18. The summed E-state index contributed by atoms with van der Waals surface area (Å²) in [6.45, 7) is 5.75. The molecule has 1 aromatic rings. The molecule has 3 heterocycles. The van der Waals surface area contributed by atoms with Crippen LogP contribution in [0.2, 0.25) is 0 Å². The SMILES string of the molecule is CCN1C[C@H]2CN(C(=O)c3ccsc3)C[C@@H](C1)C(=O)N2. The van der Waals surface area contributed by atoms with Crippen molar-refractivity contribution in [1.29, 1.82) is 0 Å². The average Bonchev–Trinajstić information content (AvgIpc) is 2.84. The van der Waals surface area contributed by atoms with Crippen molar-refractivity contribution in [3.8, 4) is 0 Å². The Kier molecular flexibility index (Phi) is 3.76. The molecule has 0 spiro atoms. The summed E-state index contributed by atoms with van der Waals surface area (Å²) >= 11 is 1.52. The monoisotopic (exact) mass is 293 g/mol. The minimum Gasteiger partial charge on any atom is -0.350 e. The van der Waals surface area contributed by atoms with Crippen LogP contribution in [0.3, 0.4) is 0 Å². The van der Waals surface area contributed by atoms with Gasteiger partial charge in [-0.25, -0.2) is 0 Å². The Balaban J connectivity index is 1.80. The highest BCUT2D eigenvalue weighted by atomic mass is 32.1. The number of carbonyl (C=O) groups excluding carboxylic acids is 2. The van der Waals surface area contributed by atoms with E-state index >= 15 is 0 Å². The molecule has 0 saturated carbocycles. The quantitative estimate of drug-likeness (QED) is 0.870. The Hall–Kier alpha value is -1.40. The topological polar surface area (TPSA) is 52.7 Å². The maximum absolute atomic E-state index is 12.5. The van der Waals surface area contributed by atoms with Crippen molar-refractivity contribution in [2.75, 3.05) is 32.7 Å². The Morgan fingerprint density at radius 3 is 2.95 bits per heavy atom. The number of nitrogens with zero attached hydrogens (tertiary/aromatic N) is 2. The van der Waals surface area contributed by atoms with Crippen LogP contribution in [0.4, 0.5) is 0 Å². The van der Waals surface area contributed by atoms with Crippen molar-refractivity contribution in [2.24, 2.45) is 5.92 Å². The lowest BCUT2D eigenvalue weighted by atomic mass is 10.1. The number of carbonyl (C=O) groups is 2. The Morgan fingerprint density at radius 1 is 1.40 bits per heavy atom. The van der Waals surface area contributed by atoms with Gasteiger partial charge in [0.05, 0.1) is 17.5 Å². The molecule has 5 nitrogen and oxygen atoms in total. The van der Waals surface area contributed by atoms with Gasteiger partial charge in [-0.05, 0) is 18.0 Å². The molecule has 108 valence electrons. The van der Waals surface area contributed by atoms with Gasteiger partial charge in [0.2, 0.25) is 5.91 Å². The maximum atomic E-state index is 12.5. The molecule has 3 rings (SSSR count). The Bertz CT molecular complexity index is 503. The summed E-state index contributed by atoms with van der Waals surface area (Å²) in [6, 6.07) is 1.89. The molecule has 2 aliphatic rings. The van der Waals surface area contributed by atoms with E-state index in [0.717, 1.165) is 25.2 Å². The summed E-state index contributed by atoms with van der Waals surface area (Å²) in [6.07, 6.45) is 0. The van der Waals surface area contributed by atoms with Crippen molar-refractivity contribution in [3.05, 3.63) is 22.4 Å². The summed E-state index contributed by atoms with van der Waals surface area (Å²) in [5, 5.41) is 6.85. The highest BCUT2D eigenvalue weighted by molar-refractivity contribution is 7.08. The first kappa shape index (κ1) is 13.6. The average molecular weight is 293 g/mol. The number of likely N-dealkylation sites (N-methyl/N-ethyl adjacent to an activating group) is 1. The molecule has 0 aliphatic carbocycles. The number of rotatable bonds is 2. The molecule has 2 amide bonds. The van der Waals surface area contributed by atoms with Crippen molar-refractivity contribution >= 4 is 23.2 Å². The molecule has 0 aromatic carbocycles. The molecule has 0 unspecified atom stereocenters. The van der Waals surface area contributed by atoms with E-state index in [4.69, 9.17) is 0 Å². The first-order valence-corrected chi connectivity index (χ1v) is 7.96. The molecule has 2 saturated heterocycles. The standard InChI is InChI=1S/C14H19N3O2S/c1-2-16-5-11-6-17(8-12(7-16)15-13(11)18)14(19)10-3-4-20-9-10/h3-4,9,11-12H,2,5-8H2,1H3,(H,15,18)/t11-,12+/m1/s1. The van der Waals surface area contributed by atoms with Crippen molar-refractivity contribution in [1.82, 2.24) is 15.1 Å². The van der Waals surface area contributed by atoms with Gasteiger partial charge in [-0.2, -0.15) is 11.3 Å². The van der Waals surface area contributed by atoms with Crippen LogP contribution >= 0.6 is 11.3 Å². The van der Waals surface area contributed by atoms with Crippen molar-refractivity contribution in [3.63, 3.8) is 0 Å². The number of hydrogen-bond acceptors (Lipinski definition) is 4. The molecule has 1 aromatic heterocycles. The molecule has 2 aliphatic heterocycles. The van der Waals surface area contributed by atoms with Crippen LogP contribution in [0, 0.1) is 5.92 Å². The van der Waals surface area contributed by atoms with E-state index < -0.39 is 0 Å². The Labute approximate surface area is 122 Å². The van der Waals surface area contributed by atoms with Gasteiger partial charge in [0.1, 0.15) is 0 Å². The summed E-state index contributed by atoms with van der Waals surface area (Å²) in [4.78, 5) is 28.7. The van der Waals surface area contributed by atoms with Crippen LogP contribution in [-0.4, -0.2) is 60.4 Å². The Morgan fingerprint density at radius 2 is 2.25 bits per heavy atom. The normalized spacial score (nSPS) is 27.1. The summed E-state index contributed by atoms with van der Waals surface area (Å²) < 4.78 is 0. The first-order valence-electron chi connectivity index (χ1n) is 7.01. The summed E-state index contributed by atoms with van der Waals surface area (Å²) in [5.74, 6) is 0.0132. The number of hydrogen-bond donors (Lipinski definition) is 1. The van der Waals surface area contributed by atoms with Crippen LogP contribution < -0.4 is 5.32 Å². The number of fused-ring (bicyclic) bond motifs is 3. The van der Waals surface area contributed by atoms with Gasteiger partial charge >= 0.3 is 0 Å². The molecule has 1 N–H and O–H groups in total. The second-order valence-electron chi connectivity index (χ2n) is 5.48. The van der Waals surface area contributed by atoms with E-state index in [0.29, 0.717) is 13.1 Å². The van der Waals surface area contributed by atoms with E-state index in [2.05, 4.69) is 17.1 Å². The fourth-order valence-electron chi connectivity index (χ4n) is 2.99. The van der Waals surface area contributed by atoms with E-state index in [9.17, 15) is 9.59 Å². The fourth-order valence-corrected chi connectivity index (χ4v) is 3.62. The van der Waals surface area contributed by atoms with Crippen molar-refractivity contribution in [2.45, 2.75) is 13.0 Å². The van der Waals surface area contributed by atoms with Crippen molar-refractivity contribution < 1.29 is 9.59 Å². The van der Waals surface area contributed by atoms with Crippen LogP contribution in [0.15, 0.2) is 16.8 Å². The van der Waals surface area contributed by atoms with Gasteiger partial charge in [-0.15, -0.1) is 0 Å². The lowest BCUT2D eigenvalue weighted by molar-refractivity contribution is -0.124. The fraction of sp³-hybridized carbons (Fsp3) is 0.571. The zero-order chi connectivity index (χ0) is 14.1. The van der Waals surface area contributed by atoms with Gasteiger partial charge in [-0.1, -0.05) is 6.92 Å². The maximum Gasteiger partial charge on any atom is 0.254 e. The molecule has 2 fully saturated rings. The van der Waals surface area contributed by atoms with Gasteiger partial charge < -0.3 is 15.1 Å². The smallest absolute Gasteiger partial charge is 0.254 e. The third-order valence-corrected chi connectivity index (χ3v) is 4.74. The van der Waals surface area contributed by atoms with E-state index in [1.165, 1.54) is 11.3 Å². The molecule has 2 bridgehead atoms. The lowest BCUT2D eigenvalue weighted by Crippen LogP contribution is -2.48. The molecule has 0 radical (unpaired) electrons. The molecular formula is C14H19N3O2S. The molecule has 2 atom stereocenters. The van der Waals surface area contributed by atoms with E-state index in [-0.39, 0.29) is 23.8 Å². The second-order valence-corrected chi connectivity index (χ2v) is 6.26. The molecule has 20 heavy (non-hydrogen) atoms. The van der Waals surface area contributed by atoms with Crippen LogP contribution in [-0.2, 0) is 4.79 Å². The minimum atomic E-state index is -0.120. The zero-order valence-electron chi connectivity index (χ0n) is 11.5. The third-order valence-electron chi connectivity index (χ3n) is 4.06. The van der Waals surface area contributed by atoms with E-state index in [1.807, 2.05) is 21.7 Å². The predicted molar refractivity (Wildman–Crippen MR) is 77.8 cm³/mol. The van der Waals surface area contributed by atoms with Gasteiger partial charge in [0.15, 0.2) is 0 Å². The minimum absolute atomic E-state index is 0.0394. The molecule has 6 heteroatoms. The second kappa shape index (κ2) is 5.54. The lowest BCUT2D eigenvalue weighted by Gasteiger charge is -2.32. The number of nitrogens with one attached hydrogen (secondary N) is 1. The summed E-state index contributed by atoms with van der Waals surface area (Å²) in [5.41, 5.74) is 0.731. The predicted octanol–water partition coefficient (Wildman–Crippen LogP) is 0.640. The van der Waals surface area contributed by atoms with Gasteiger partial charge in [-0.3, -0.25) is 9.59 Å². The third kappa shape index (κ3) is 2.58. The first-order chi connectivity index (χ1) is 9.67. The van der Waals surface area contributed by atoms with Gasteiger partial charge in [0.25, 0.3) is 5.91 Å². The molecular weight excluding hydrogens is 274 g/mol. The van der Waals surface area contributed by atoms with Crippen LogP contribution in [0.5, 0.6) is 0 Å². The van der Waals surface area contributed by atoms with Crippen LogP contribution in [0.25, 0.3) is 0 Å². The number of amides is 2.